The van der Waals surface area contributed by atoms with E-state index in [1.807, 2.05) is 0 Å². The summed E-state index contributed by atoms with van der Waals surface area (Å²) in [6.45, 7) is 1.20. The summed E-state index contributed by atoms with van der Waals surface area (Å²) in [6, 6.07) is 3.48. The number of fused-ring (bicyclic) bond motifs is 1. The Morgan fingerprint density at radius 3 is 3.09 bits per heavy atom. The van der Waals surface area contributed by atoms with Crippen LogP contribution in [0.4, 0.5) is 0 Å². The van der Waals surface area contributed by atoms with Crippen LogP contribution >= 0.6 is 11.6 Å². The third-order valence-corrected chi connectivity index (χ3v) is 3.83. The number of hydrogen-bond donors (Lipinski definition) is 0. The highest BCUT2D eigenvalue weighted by molar-refractivity contribution is 6.32. The van der Waals surface area contributed by atoms with Crippen molar-refractivity contribution in [2.24, 2.45) is 0 Å². The van der Waals surface area contributed by atoms with Crippen LogP contribution in [0.3, 0.4) is 0 Å². The Hall–Kier alpha value is -1.72. The molecule has 1 aromatic rings. The molecule has 2 aliphatic heterocycles. The lowest BCUT2D eigenvalue weighted by atomic mass is 10.1. The fourth-order valence-corrected chi connectivity index (χ4v) is 2.68. The Bertz CT molecular complexity index is 578. The topological polar surface area (TPSA) is 54.0 Å². The quantitative estimate of drug-likeness (QED) is 0.629. The molecule has 1 fully saturated rings. The van der Waals surface area contributed by atoms with Gasteiger partial charge in [-0.3, -0.25) is 0 Å². The maximum Gasteiger partial charge on any atom is 0.330 e. The van der Waals surface area contributed by atoms with Crippen LogP contribution in [0, 0.1) is 0 Å². The Kier molecular flexibility index (Phi) is 4.85. The first-order valence-electron chi connectivity index (χ1n) is 7.28. The predicted molar refractivity (Wildman–Crippen MR) is 81.2 cm³/mol. The van der Waals surface area contributed by atoms with Crippen LogP contribution in [0.15, 0.2) is 18.2 Å². The van der Waals surface area contributed by atoms with Gasteiger partial charge in [0.2, 0.25) is 6.79 Å². The van der Waals surface area contributed by atoms with E-state index >= 15 is 0 Å². The van der Waals surface area contributed by atoms with Crippen molar-refractivity contribution in [3.8, 4) is 11.5 Å². The van der Waals surface area contributed by atoms with Crippen molar-refractivity contribution in [2.75, 3.05) is 20.0 Å². The van der Waals surface area contributed by atoms with E-state index in [-0.39, 0.29) is 12.9 Å². The molecule has 0 saturated carbocycles. The van der Waals surface area contributed by atoms with Crippen LogP contribution in [-0.4, -0.2) is 32.1 Å². The summed E-state index contributed by atoms with van der Waals surface area (Å²) < 4.78 is 21.2. The van der Waals surface area contributed by atoms with Gasteiger partial charge in [-0.2, -0.15) is 0 Å². The minimum Gasteiger partial charge on any atom is -0.460 e. The summed E-state index contributed by atoms with van der Waals surface area (Å²) in [5, 5.41) is 0.457. The molecule has 2 heterocycles. The molecule has 0 amide bonds. The van der Waals surface area contributed by atoms with Crippen molar-refractivity contribution >= 4 is 23.6 Å². The van der Waals surface area contributed by atoms with E-state index in [0.29, 0.717) is 23.1 Å². The van der Waals surface area contributed by atoms with Crippen LogP contribution in [0.5, 0.6) is 11.5 Å². The van der Waals surface area contributed by atoms with Gasteiger partial charge in [-0.05, 0) is 43.0 Å². The summed E-state index contributed by atoms with van der Waals surface area (Å²) in [7, 11) is 0. The SMILES string of the molecule is O=C(/C=C/c1cc(Cl)c2c(c1)OCO2)OCC1CCCCO1. The highest BCUT2D eigenvalue weighted by Crippen LogP contribution is 2.40. The molecule has 0 spiro atoms. The van der Waals surface area contributed by atoms with Gasteiger partial charge < -0.3 is 18.9 Å². The number of halogens is 1. The Morgan fingerprint density at radius 2 is 2.27 bits per heavy atom. The second-order valence-corrected chi connectivity index (χ2v) is 5.60. The summed E-state index contributed by atoms with van der Waals surface area (Å²) in [6.07, 6.45) is 6.16. The average molecular weight is 325 g/mol. The molecule has 0 aromatic heterocycles. The first-order chi connectivity index (χ1) is 10.7. The summed E-state index contributed by atoms with van der Waals surface area (Å²) >= 11 is 6.08. The fourth-order valence-electron chi connectivity index (χ4n) is 2.41. The van der Waals surface area contributed by atoms with Gasteiger partial charge >= 0.3 is 5.97 Å². The molecular formula is C16H17ClO5. The van der Waals surface area contributed by atoms with Gasteiger partial charge in [0, 0.05) is 12.7 Å². The largest absolute Gasteiger partial charge is 0.460 e. The molecule has 0 radical (unpaired) electrons. The molecule has 1 atom stereocenters. The molecule has 0 bridgehead atoms. The van der Waals surface area contributed by atoms with Crippen LogP contribution in [-0.2, 0) is 14.3 Å². The summed E-state index contributed by atoms with van der Waals surface area (Å²) in [5.41, 5.74) is 0.750. The molecule has 1 unspecified atom stereocenters. The minimum atomic E-state index is -0.400. The van der Waals surface area contributed by atoms with Gasteiger partial charge in [0.25, 0.3) is 0 Å². The number of benzene rings is 1. The normalized spacial score (nSPS) is 20.3. The average Bonchev–Trinajstić information content (AvgIpc) is 3.01. The van der Waals surface area contributed by atoms with Crippen LogP contribution in [0.2, 0.25) is 5.02 Å². The third kappa shape index (κ3) is 3.72. The Morgan fingerprint density at radius 1 is 1.36 bits per heavy atom. The lowest BCUT2D eigenvalue weighted by Crippen LogP contribution is -2.25. The molecule has 3 rings (SSSR count). The number of ether oxygens (including phenoxy) is 4. The zero-order valence-corrected chi connectivity index (χ0v) is 12.8. The molecule has 6 heteroatoms. The number of rotatable bonds is 4. The lowest BCUT2D eigenvalue weighted by molar-refractivity contribution is -0.143. The van der Waals surface area contributed by atoms with Gasteiger partial charge in [0.15, 0.2) is 11.5 Å². The zero-order chi connectivity index (χ0) is 15.4. The van der Waals surface area contributed by atoms with Crippen LogP contribution in [0.1, 0.15) is 24.8 Å². The molecule has 0 aliphatic carbocycles. The Balaban J connectivity index is 1.54. The minimum absolute atomic E-state index is 0.0195. The molecule has 2 aliphatic rings. The standard InChI is InChI=1S/C16H17ClO5/c17-13-7-11(8-14-16(13)22-10-21-14)4-5-15(18)20-9-12-3-1-2-6-19-12/h4-5,7-8,12H,1-3,6,9-10H2/b5-4+. The van der Waals surface area contributed by atoms with Crippen LogP contribution in [0.25, 0.3) is 6.08 Å². The smallest absolute Gasteiger partial charge is 0.330 e. The van der Waals surface area contributed by atoms with E-state index in [9.17, 15) is 4.79 Å². The van der Waals surface area contributed by atoms with E-state index < -0.39 is 5.97 Å². The molecular weight excluding hydrogens is 308 g/mol. The van der Waals surface area contributed by atoms with Crippen molar-refractivity contribution in [1.29, 1.82) is 0 Å². The highest BCUT2D eigenvalue weighted by atomic mass is 35.5. The molecule has 1 saturated heterocycles. The molecule has 1 aromatic carbocycles. The first-order valence-corrected chi connectivity index (χ1v) is 7.66. The maximum absolute atomic E-state index is 11.7. The monoisotopic (exact) mass is 324 g/mol. The number of esters is 1. The van der Waals surface area contributed by atoms with E-state index in [1.54, 1.807) is 18.2 Å². The maximum atomic E-state index is 11.7. The molecule has 0 N–H and O–H groups in total. The lowest BCUT2D eigenvalue weighted by Gasteiger charge is -2.21. The van der Waals surface area contributed by atoms with Gasteiger partial charge in [-0.1, -0.05) is 11.6 Å². The van der Waals surface area contributed by atoms with Crippen molar-refractivity contribution in [2.45, 2.75) is 25.4 Å². The Labute approximate surface area is 133 Å². The van der Waals surface area contributed by atoms with Gasteiger partial charge in [-0.25, -0.2) is 4.79 Å². The molecule has 22 heavy (non-hydrogen) atoms. The van der Waals surface area contributed by atoms with Crippen molar-refractivity contribution in [1.82, 2.24) is 0 Å². The predicted octanol–water partition coefficient (Wildman–Crippen LogP) is 3.19. The van der Waals surface area contributed by atoms with Crippen molar-refractivity contribution < 1.29 is 23.7 Å². The molecule has 5 nitrogen and oxygen atoms in total. The second-order valence-electron chi connectivity index (χ2n) is 5.19. The van der Waals surface area contributed by atoms with E-state index in [2.05, 4.69) is 0 Å². The zero-order valence-electron chi connectivity index (χ0n) is 12.0. The third-order valence-electron chi connectivity index (χ3n) is 3.55. The van der Waals surface area contributed by atoms with E-state index in [4.69, 9.17) is 30.5 Å². The van der Waals surface area contributed by atoms with E-state index in [1.165, 1.54) is 6.08 Å². The summed E-state index contributed by atoms with van der Waals surface area (Å²) in [4.78, 5) is 11.7. The van der Waals surface area contributed by atoms with E-state index in [0.717, 1.165) is 31.4 Å². The van der Waals surface area contributed by atoms with Gasteiger partial charge in [0.05, 0.1) is 11.1 Å². The van der Waals surface area contributed by atoms with Gasteiger partial charge in [-0.15, -0.1) is 0 Å². The first kappa shape index (κ1) is 15.2. The molecule has 118 valence electrons. The van der Waals surface area contributed by atoms with Crippen LogP contribution < -0.4 is 9.47 Å². The summed E-state index contributed by atoms with van der Waals surface area (Å²) in [5.74, 6) is 0.718. The number of carbonyl (C=O) groups is 1. The van der Waals surface area contributed by atoms with Crippen molar-refractivity contribution in [3.05, 3.63) is 28.8 Å². The number of carbonyl (C=O) groups excluding carboxylic acids is 1. The second kappa shape index (κ2) is 7.03. The fraction of sp³-hybridized carbons (Fsp3) is 0.438. The highest BCUT2D eigenvalue weighted by Gasteiger charge is 2.18. The van der Waals surface area contributed by atoms with Gasteiger partial charge in [0.1, 0.15) is 6.61 Å². The number of hydrogen-bond acceptors (Lipinski definition) is 5. The van der Waals surface area contributed by atoms with Crippen molar-refractivity contribution in [3.63, 3.8) is 0 Å².